The molecule has 1 saturated heterocycles. The van der Waals surface area contributed by atoms with Crippen molar-refractivity contribution in [2.75, 3.05) is 36.0 Å². The van der Waals surface area contributed by atoms with Crippen molar-refractivity contribution in [3.8, 4) is 11.1 Å². The fourth-order valence-corrected chi connectivity index (χ4v) is 4.92. The van der Waals surface area contributed by atoms with E-state index in [1.807, 2.05) is 66.7 Å². The second-order valence-electron chi connectivity index (χ2n) is 9.41. The minimum atomic E-state index is 0.121. The molecule has 0 aliphatic carbocycles. The van der Waals surface area contributed by atoms with Crippen molar-refractivity contribution in [3.63, 3.8) is 0 Å². The van der Waals surface area contributed by atoms with Gasteiger partial charge >= 0.3 is 0 Å². The maximum absolute atomic E-state index is 12.6. The Morgan fingerprint density at radius 3 is 2.30 bits per heavy atom. The fraction of sp³-hybridized carbons (Fsp3) is 0.200. The molecule has 0 unspecified atom stereocenters. The lowest BCUT2D eigenvalue weighted by Gasteiger charge is -2.36. The van der Waals surface area contributed by atoms with Gasteiger partial charge in [0.1, 0.15) is 5.82 Å². The molecule has 0 radical (unpaired) electrons. The minimum absolute atomic E-state index is 0.121. The molecule has 1 fully saturated rings. The Morgan fingerprint density at radius 2 is 1.57 bits per heavy atom. The lowest BCUT2D eigenvalue weighted by atomic mass is 10.0. The van der Waals surface area contributed by atoms with Gasteiger partial charge in [0.05, 0.1) is 22.9 Å². The molecule has 1 aliphatic rings. The van der Waals surface area contributed by atoms with E-state index in [1.54, 1.807) is 0 Å². The molecule has 0 bridgehead atoms. The maximum atomic E-state index is 12.6. The summed E-state index contributed by atoms with van der Waals surface area (Å²) in [6, 6.07) is 22.3. The number of Topliss-reactive ketones (excluding diaryl/α,β-unsaturated/α-hetero) is 1. The summed E-state index contributed by atoms with van der Waals surface area (Å²) in [6.45, 7) is 3.65. The number of pyridine rings is 1. The number of carbonyl (C=O) groups is 1. The van der Waals surface area contributed by atoms with Gasteiger partial charge in [-0.25, -0.2) is 4.98 Å². The number of nitrogens with zero attached hydrogens (tertiary/aromatic N) is 6. The number of rotatable bonds is 6. The first-order valence-corrected chi connectivity index (χ1v) is 12.5. The highest BCUT2D eigenvalue weighted by atomic mass is 16.1. The van der Waals surface area contributed by atoms with Gasteiger partial charge in [-0.1, -0.05) is 30.3 Å². The van der Waals surface area contributed by atoms with Crippen molar-refractivity contribution >= 4 is 28.3 Å². The van der Waals surface area contributed by atoms with Crippen LogP contribution in [0.1, 0.15) is 16.1 Å². The van der Waals surface area contributed by atoms with E-state index in [1.165, 1.54) is 5.69 Å². The largest absolute Gasteiger partial charge is 0.368 e. The zero-order chi connectivity index (χ0) is 25.2. The monoisotopic (exact) mass is 488 g/mol. The van der Waals surface area contributed by atoms with Crippen LogP contribution in [0.5, 0.6) is 0 Å². The molecule has 7 nitrogen and oxygen atoms in total. The van der Waals surface area contributed by atoms with Gasteiger partial charge in [-0.3, -0.25) is 14.8 Å². The van der Waals surface area contributed by atoms with Crippen molar-refractivity contribution in [3.05, 3.63) is 103 Å². The Kier molecular flexibility index (Phi) is 6.10. The van der Waals surface area contributed by atoms with E-state index >= 15 is 0 Å². The van der Waals surface area contributed by atoms with E-state index in [4.69, 9.17) is 4.98 Å². The summed E-state index contributed by atoms with van der Waals surface area (Å²) >= 11 is 0. The van der Waals surface area contributed by atoms with Gasteiger partial charge in [0, 0.05) is 63.9 Å². The number of piperazine rings is 1. The highest BCUT2D eigenvalue weighted by Gasteiger charge is 2.19. The Hall–Kier alpha value is -4.52. The predicted octanol–water partition coefficient (Wildman–Crippen LogP) is 4.78. The van der Waals surface area contributed by atoms with Gasteiger partial charge in [-0.15, -0.1) is 0 Å². The van der Waals surface area contributed by atoms with Gasteiger partial charge in [0.2, 0.25) is 0 Å². The molecule has 1 aliphatic heterocycles. The number of carbonyl (C=O) groups excluding carboxylic acids is 1. The average Bonchev–Trinajstić information content (AvgIpc) is 3.39. The van der Waals surface area contributed by atoms with Crippen molar-refractivity contribution in [2.24, 2.45) is 7.05 Å². The van der Waals surface area contributed by atoms with Gasteiger partial charge in [-0.05, 0) is 53.1 Å². The van der Waals surface area contributed by atoms with Crippen LogP contribution in [0.2, 0.25) is 0 Å². The first-order valence-electron chi connectivity index (χ1n) is 12.5. The first kappa shape index (κ1) is 22.9. The molecule has 5 aromatic rings. The summed E-state index contributed by atoms with van der Waals surface area (Å²) in [5, 5.41) is 0. The molecule has 7 heteroatoms. The molecule has 0 spiro atoms. The molecule has 0 saturated carbocycles. The van der Waals surface area contributed by atoms with Gasteiger partial charge in [-0.2, -0.15) is 0 Å². The Morgan fingerprint density at radius 1 is 0.838 bits per heavy atom. The van der Waals surface area contributed by atoms with Crippen LogP contribution in [0.3, 0.4) is 0 Å². The van der Waals surface area contributed by atoms with Gasteiger partial charge < -0.3 is 14.4 Å². The van der Waals surface area contributed by atoms with E-state index in [0.29, 0.717) is 6.42 Å². The van der Waals surface area contributed by atoms with Crippen molar-refractivity contribution in [1.29, 1.82) is 0 Å². The normalized spacial score (nSPS) is 13.8. The second kappa shape index (κ2) is 9.85. The molecule has 3 aromatic heterocycles. The third-order valence-electron chi connectivity index (χ3n) is 7.04. The Balaban J connectivity index is 1.17. The van der Waals surface area contributed by atoms with Gasteiger partial charge in [0.25, 0.3) is 0 Å². The number of hydrogen-bond acceptors (Lipinski definition) is 6. The Bertz CT molecular complexity index is 1540. The maximum Gasteiger partial charge on any atom is 0.183 e. The number of fused-ring (bicyclic) bond motifs is 1. The van der Waals surface area contributed by atoms with Crippen LogP contribution in [-0.2, 0) is 13.5 Å². The van der Waals surface area contributed by atoms with Gasteiger partial charge in [0.15, 0.2) is 5.78 Å². The zero-order valence-corrected chi connectivity index (χ0v) is 20.8. The smallest absolute Gasteiger partial charge is 0.183 e. The van der Waals surface area contributed by atoms with Crippen LogP contribution in [0, 0.1) is 0 Å². The number of aromatic nitrogens is 4. The highest BCUT2D eigenvalue weighted by molar-refractivity contribution is 5.96. The Labute approximate surface area is 216 Å². The predicted molar refractivity (Wildman–Crippen MR) is 147 cm³/mol. The fourth-order valence-electron chi connectivity index (χ4n) is 4.92. The van der Waals surface area contributed by atoms with Crippen LogP contribution < -0.4 is 9.80 Å². The SMILES string of the molecule is Cn1cccc1C(=O)Cc1ccc(-c2ccc3ncc(N4CCN(c5ccncc5)CC4)nc3c2)cc1. The lowest BCUT2D eigenvalue weighted by Crippen LogP contribution is -2.46. The van der Waals surface area contributed by atoms with E-state index in [9.17, 15) is 4.79 Å². The number of aryl methyl sites for hydroxylation is 1. The van der Waals surface area contributed by atoms with Crippen LogP contribution in [0.4, 0.5) is 11.5 Å². The minimum Gasteiger partial charge on any atom is -0.368 e. The highest BCUT2D eigenvalue weighted by Crippen LogP contribution is 2.26. The van der Waals surface area contributed by atoms with Crippen LogP contribution in [-0.4, -0.2) is 51.5 Å². The summed E-state index contributed by atoms with van der Waals surface area (Å²) in [5.74, 6) is 1.03. The molecule has 37 heavy (non-hydrogen) atoms. The molecular formula is C30H28N6O. The molecule has 0 amide bonds. The van der Waals surface area contributed by atoms with E-state index in [0.717, 1.165) is 65.4 Å². The van der Waals surface area contributed by atoms with E-state index < -0.39 is 0 Å². The van der Waals surface area contributed by atoms with Crippen LogP contribution in [0.15, 0.2) is 91.5 Å². The summed E-state index contributed by atoms with van der Waals surface area (Å²) in [5.41, 5.74) is 6.88. The quantitative estimate of drug-likeness (QED) is 0.321. The topological polar surface area (TPSA) is 67.2 Å². The molecule has 6 rings (SSSR count). The van der Waals surface area contributed by atoms with Crippen LogP contribution >= 0.6 is 0 Å². The van der Waals surface area contributed by atoms with Crippen molar-refractivity contribution in [1.82, 2.24) is 19.5 Å². The summed E-state index contributed by atoms with van der Waals surface area (Å²) in [4.78, 5) is 31.0. The number of ketones is 1. The first-order chi connectivity index (χ1) is 18.1. The standard InChI is InChI=1S/C30H28N6O/c1-34-14-2-3-28(34)29(37)19-22-4-6-23(7-5-22)24-8-9-26-27(20-24)33-30(21-32-26)36-17-15-35(16-18-36)25-10-12-31-13-11-25/h2-14,20-21H,15-19H2,1H3. The summed E-state index contributed by atoms with van der Waals surface area (Å²) in [6.07, 6.45) is 7.84. The lowest BCUT2D eigenvalue weighted by molar-refractivity contribution is 0.0985. The van der Waals surface area contributed by atoms with E-state index in [2.05, 4.69) is 56.2 Å². The van der Waals surface area contributed by atoms with E-state index in [-0.39, 0.29) is 5.78 Å². The number of hydrogen-bond donors (Lipinski definition) is 0. The number of benzene rings is 2. The molecule has 2 aromatic carbocycles. The summed E-state index contributed by atoms with van der Waals surface area (Å²) < 4.78 is 1.86. The second-order valence-corrected chi connectivity index (χ2v) is 9.41. The van der Waals surface area contributed by atoms with Crippen molar-refractivity contribution < 1.29 is 4.79 Å². The molecule has 184 valence electrons. The number of anilines is 2. The third-order valence-corrected chi connectivity index (χ3v) is 7.04. The molecule has 4 heterocycles. The third kappa shape index (κ3) is 4.80. The van der Waals surface area contributed by atoms with Crippen molar-refractivity contribution in [2.45, 2.75) is 6.42 Å². The zero-order valence-electron chi connectivity index (χ0n) is 20.8. The molecule has 0 N–H and O–H groups in total. The molecule has 0 atom stereocenters. The summed E-state index contributed by atoms with van der Waals surface area (Å²) in [7, 11) is 1.90. The molecular weight excluding hydrogens is 460 g/mol. The van der Waals surface area contributed by atoms with Crippen LogP contribution in [0.25, 0.3) is 22.2 Å². The average molecular weight is 489 g/mol.